The van der Waals surface area contributed by atoms with Gasteiger partial charge in [0.1, 0.15) is 0 Å². The fraction of sp³-hybridized carbons (Fsp3) is 0.294. The Kier molecular flexibility index (Phi) is 4.25. The van der Waals surface area contributed by atoms with Gasteiger partial charge in [0.05, 0.1) is 5.52 Å². The molecule has 2 heterocycles. The second-order valence-electron chi connectivity index (χ2n) is 5.22. The van der Waals surface area contributed by atoms with E-state index < -0.39 is 0 Å². The Morgan fingerprint density at radius 2 is 2.24 bits per heavy atom. The van der Waals surface area contributed by atoms with Crippen LogP contribution >= 0.6 is 11.8 Å². The second kappa shape index (κ2) is 6.31. The summed E-state index contributed by atoms with van der Waals surface area (Å²) in [6.45, 7) is 3.85. The molecule has 1 unspecified atom stereocenters. The molecule has 1 amide bonds. The summed E-state index contributed by atoms with van der Waals surface area (Å²) >= 11 is 1.93. The Bertz CT molecular complexity index is 678. The minimum absolute atomic E-state index is 0.100. The molecule has 1 fully saturated rings. The van der Waals surface area contributed by atoms with E-state index in [9.17, 15) is 4.79 Å². The summed E-state index contributed by atoms with van der Waals surface area (Å²) in [5.41, 5.74) is 1.99. The number of hydrogen-bond donors (Lipinski definition) is 0. The van der Waals surface area contributed by atoms with Crippen LogP contribution in [0.25, 0.3) is 17.0 Å². The van der Waals surface area contributed by atoms with Gasteiger partial charge in [0, 0.05) is 41.8 Å². The third-order valence-corrected chi connectivity index (χ3v) is 4.78. The van der Waals surface area contributed by atoms with Crippen molar-refractivity contribution in [2.75, 3.05) is 18.8 Å². The monoisotopic (exact) mass is 298 g/mol. The van der Waals surface area contributed by atoms with Crippen LogP contribution in [0.2, 0.25) is 0 Å². The minimum Gasteiger partial charge on any atom is -0.337 e. The molecule has 0 saturated carbocycles. The van der Waals surface area contributed by atoms with Crippen LogP contribution < -0.4 is 0 Å². The number of nitrogens with zero attached hydrogens (tertiary/aromatic N) is 2. The van der Waals surface area contributed by atoms with Crippen molar-refractivity contribution in [2.45, 2.75) is 12.2 Å². The van der Waals surface area contributed by atoms with Gasteiger partial charge < -0.3 is 4.90 Å². The average Bonchev–Trinajstić information content (AvgIpc) is 2.52. The average molecular weight is 298 g/mol. The fourth-order valence-corrected chi connectivity index (χ4v) is 3.56. The summed E-state index contributed by atoms with van der Waals surface area (Å²) in [5.74, 6) is 1.13. The van der Waals surface area contributed by atoms with E-state index in [1.807, 2.05) is 53.1 Å². The number of carbonyl (C=O) groups excluding carboxylic acids is 1. The Morgan fingerprint density at radius 1 is 1.38 bits per heavy atom. The van der Waals surface area contributed by atoms with Gasteiger partial charge in [-0.3, -0.25) is 9.78 Å². The van der Waals surface area contributed by atoms with Crippen molar-refractivity contribution >= 4 is 34.6 Å². The molecule has 2 aromatic rings. The van der Waals surface area contributed by atoms with Gasteiger partial charge in [-0.05, 0) is 23.8 Å². The zero-order valence-electron chi connectivity index (χ0n) is 12.0. The summed E-state index contributed by atoms with van der Waals surface area (Å²) in [6, 6.07) is 9.93. The van der Waals surface area contributed by atoms with Crippen LogP contribution in [0.5, 0.6) is 0 Å². The fourth-order valence-electron chi connectivity index (χ4n) is 2.55. The van der Waals surface area contributed by atoms with Crippen LogP contribution in [0.15, 0.2) is 42.6 Å². The lowest BCUT2D eigenvalue weighted by atomic mass is 10.1. The number of aromatic nitrogens is 1. The predicted molar refractivity (Wildman–Crippen MR) is 89.3 cm³/mol. The van der Waals surface area contributed by atoms with Crippen molar-refractivity contribution in [3.05, 3.63) is 48.2 Å². The first-order valence-corrected chi connectivity index (χ1v) is 8.21. The van der Waals surface area contributed by atoms with Gasteiger partial charge in [-0.25, -0.2) is 0 Å². The Balaban J connectivity index is 1.80. The number of carbonyl (C=O) groups is 1. The van der Waals surface area contributed by atoms with Crippen molar-refractivity contribution in [1.29, 1.82) is 0 Å². The molecule has 0 N–H and O–H groups in total. The summed E-state index contributed by atoms with van der Waals surface area (Å²) in [7, 11) is 0. The van der Waals surface area contributed by atoms with E-state index in [1.165, 1.54) is 0 Å². The highest BCUT2D eigenvalue weighted by Crippen LogP contribution is 2.19. The maximum Gasteiger partial charge on any atom is 0.246 e. The van der Waals surface area contributed by atoms with Crippen LogP contribution in [0.1, 0.15) is 12.5 Å². The third kappa shape index (κ3) is 3.27. The molecular weight excluding hydrogens is 280 g/mol. The van der Waals surface area contributed by atoms with Gasteiger partial charge in [-0.2, -0.15) is 11.8 Å². The van der Waals surface area contributed by atoms with Crippen molar-refractivity contribution in [1.82, 2.24) is 9.88 Å². The summed E-state index contributed by atoms with van der Waals surface area (Å²) in [6.07, 6.45) is 5.37. The van der Waals surface area contributed by atoms with Gasteiger partial charge in [0.2, 0.25) is 5.91 Å². The maximum absolute atomic E-state index is 12.3. The Labute approximate surface area is 129 Å². The highest BCUT2D eigenvalue weighted by molar-refractivity contribution is 7.99. The first kappa shape index (κ1) is 14.1. The number of para-hydroxylation sites is 1. The quantitative estimate of drug-likeness (QED) is 0.798. The standard InChI is InChI=1S/C17H18N2OS/c1-13-12-19(10-11-21-13)17(20)7-6-14-8-9-18-16-5-3-2-4-15(14)16/h2-9,13H,10-12H2,1H3/b7-6+. The molecular formula is C17H18N2OS. The number of amides is 1. The second-order valence-corrected chi connectivity index (χ2v) is 6.76. The Morgan fingerprint density at radius 3 is 3.10 bits per heavy atom. The molecule has 0 radical (unpaired) electrons. The number of hydrogen-bond acceptors (Lipinski definition) is 3. The van der Waals surface area contributed by atoms with Gasteiger partial charge in [-0.1, -0.05) is 25.1 Å². The number of benzene rings is 1. The molecule has 1 aliphatic rings. The minimum atomic E-state index is 0.100. The highest BCUT2D eigenvalue weighted by atomic mass is 32.2. The third-order valence-electron chi connectivity index (χ3n) is 3.64. The van der Waals surface area contributed by atoms with Gasteiger partial charge in [-0.15, -0.1) is 0 Å². The number of thioether (sulfide) groups is 1. The van der Waals surface area contributed by atoms with Crippen LogP contribution in [0.3, 0.4) is 0 Å². The van der Waals surface area contributed by atoms with Gasteiger partial charge in [0.25, 0.3) is 0 Å². The lowest BCUT2D eigenvalue weighted by molar-refractivity contribution is -0.125. The van der Waals surface area contributed by atoms with E-state index in [4.69, 9.17) is 0 Å². The largest absolute Gasteiger partial charge is 0.337 e. The SMILES string of the molecule is CC1CN(C(=O)/C=C/c2ccnc3ccccc23)CCS1. The molecule has 0 bridgehead atoms. The Hall–Kier alpha value is -1.81. The van der Waals surface area contributed by atoms with E-state index in [2.05, 4.69) is 11.9 Å². The van der Waals surface area contributed by atoms with Crippen molar-refractivity contribution in [3.63, 3.8) is 0 Å². The topological polar surface area (TPSA) is 33.2 Å². The molecule has 1 aliphatic heterocycles. The maximum atomic E-state index is 12.3. The molecule has 108 valence electrons. The predicted octanol–water partition coefficient (Wildman–Crippen LogP) is 3.21. The zero-order chi connectivity index (χ0) is 14.7. The number of pyridine rings is 1. The molecule has 1 atom stereocenters. The van der Waals surface area contributed by atoms with E-state index in [0.717, 1.165) is 35.3 Å². The molecule has 4 heteroatoms. The van der Waals surface area contributed by atoms with Gasteiger partial charge >= 0.3 is 0 Å². The molecule has 3 nitrogen and oxygen atoms in total. The van der Waals surface area contributed by atoms with Gasteiger partial charge in [0.15, 0.2) is 0 Å². The molecule has 1 aromatic heterocycles. The van der Waals surface area contributed by atoms with Crippen molar-refractivity contribution in [2.24, 2.45) is 0 Å². The van der Waals surface area contributed by atoms with Crippen LogP contribution in [-0.4, -0.2) is 39.9 Å². The first-order chi connectivity index (χ1) is 10.2. The van der Waals surface area contributed by atoms with Crippen molar-refractivity contribution < 1.29 is 4.79 Å². The highest BCUT2D eigenvalue weighted by Gasteiger charge is 2.19. The normalized spacial score (nSPS) is 19.3. The first-order valence-electron chi connectivity index (χ1n) is 7.16. The van der Waals surface area contributed by atoms with Crippen molar-refractivity contribution in [3.8, 4) is 0 Å². The van der Waals surface area contributed by atoms with Crippen LogP contribution in [-0.2, 0) is 4.79 Å². The molecule has 1 saturated heterocycles. The van der Waals surface area contributed by atoms with E-state index in [1.54, 1.807) is 12.3 Å². The number of fused-ring (bicyclic) bond motifs is 1. The van der Waals surface area contributed by atoms with E-state index in [0.29, 0.717) is 5.25 Å². The summed E-state index contributed by atoms with van der Waals surface area (Å²) in [4.78, 5) is 18.5. The zero-order valence-corrected chi connectivity index (χ0v) is 12.8. The molecule has 3 rings (SSSR count). The molecule has 0 aliphatic carbocycles. The van der Waals surface area contributed by atoms with E-state index in [-0.39, 0.29) is 5.91 Å². The molecule has 0 spiro atoms. The summed E-state index contributed by atoms with van der Waals surface area (Å²) < 4.78 is 0. The van der Waals surface area contributed by atoms with Crippen LogP contribution in [0, 0.1) is 0 Å². The number of rotatable bonds is 2. The molecule has 21 heavy (non-hydrogen) atoms. The smallest absolute Gasteiger partial charge is 0.246 e. The molecule has 1 aromatic carbocycles. The van der Waals surface area contributed by atoms with Crippen LogP contribution in [0.4, 0.5) is 0 Å². The lowest BCUT2D eigenvalue weighted by Gasteiger charge is -2.29. The lowest BCUT2D eigenvalue weighted by Crippen LogP contribution is -2.40. The van der Waals surface area contributed by atoms with E-state index >= 15 is 0 Å². The summed E-state index contributed by atoms with van der Waals surface area (Å²) in [5, 5.41) is 1.60.